The number of rotatable bonds is 4. The molecular formula is C21H18ClFN4O2. The first kappa shape index (κ1) is 19.1. The van der Waals surface area contributed by atoms with Gasteiger partial charge in [-0.1, -0.05) is 29.8 Å². The maximum atomic E-state index is 13.5. The summed E-state index contributed by atoms with van der Waals surface area (Å²) in [6.07, 6.45) is 3.06. The molecule has 29 heavy (non-hydrogen) atoms. The van der Waals surface area contributed by atoms with Gasteiger partial charge in [-0.25, -0.2) is 9.98 Å². The van der Waals surface area contributed by atoms with Crippen LogP contribution >= 0.6 is 11.6 Å². The molecular weight excluding hydrogens is 395 g/mol. The highest BCUT2D eigenvalue weighted by atomic mass is 35.5. The Kier molecular flexibility index (Phi) is 4.84. The lowest BCUT2D eigenvalue weighted by Crippen LogP contribution is -2.41. The van der Waals surface area contributed by atoms with Crippen molar-refractivity contribution >= 4 is 17.4 Å². The minimum absolute atomic E-state index is 0.186. The highest BCUT2D eigenvalue weighted by Gasteiger charge is 2.45. The number of halogens is 2. The average Bonchev–Trinajstić information content (AvgIpc) is 3.07. The molecule has 3 aromatic rings. The van der Waals surface area contributed by atoms with Crippen LogP contribution < -0.4 is 15.7 Å². The van der Waals surface area contributed by atoms with Crippen LogP contribution in [0.15, 0.2) is 70.7 Å². The lowest BCUT2D eigenvalue weighted by molar-refractivity contribution is 0.157. The molecule has 6 nitrogen and oxygen atoms in total. The number of nitrogens with one attached hydrogen (secondary N) is 1. The highest BCUT2D eigenvalue weighted by Crippen LogP contribution is 2.41. The number of benzene rings is 1. The number of nitrogens with zero attached hydrogens (tertiary/aromatic N) is 3. The Labute approximate surface area is 171 Å². The zero-order valence-corrected chi connectivity index (χ0v) is 16.5. The molecule has 0 saturated heterocycles. The maximum Gasteiger partial charge on any atom is 0.282 e. The molecule has 148 valence electrons. The molecule has 1 aliphatic rings. The van der Waals surface area contributed by atoms with Crippen LogP contribution in [0.5, 0.6) is 0 Å². The molecule has 0 saturated carbocycles. The topological polar surface area (TPSA) is 68.5 Å². The molecule has 1 aliphatic heterocycles. The van der Waals surface area contributed by atoms with E-state index in [4.69, 9.17) is 21.4 Å². The van der Waals surface area contributed by atoms with Gasteiger partial charge in [-0.05, 0) is 36.8 Å². The van der Waals surface area contributed by atoms with Crippen molar-refractivity contribution in [3.8, 4) is 0 Å². The maximum absolute atomic E-state index is 13.5. The Hall–Kier alpha value is -3.19. The van der Waals surface area contributed by atoms with E-state index in [0.717, 1.165) is 15.9 Å². The zero-order valence-electron chi connectivity index (χ0n) is 15.8. The summed E-state index contributed by atoms with van der Waals surface area (Å²) in [5.74, 6) is 0.0255. The van der Waals surface area contributed by atoms with Gasteiger partial charge in [0.2, 0.25) is 5.95 Å². The lowest BCUT2D eigenvalue weighted by atomic mass is 9.79. The van der Waals surface area contributed by atoms with Crippen molar-refractivity contribution in [2.24, 2.45) is 4.99 Å². The van der Waals surface area contributed by atoms with E-state index in [1.807, 2.05) is 19.1 Å². The van der Waals surface area contributed by atoms with Crippen molar-refractivity contribution in [2.75, 3.05) is 7.11 Å². The molecule has 0 fully saturated rings. The molecule has 0 bridgehead atoms. The van der Waals surface area contributed by atoms with Crippen molar-refractivity contribution in [1.29, 1.82) is 0 Å². The van der Waals surface area contributed by atoms with Crippen molar-refractivity contribution in [2.45, 2.75) is 18.5 Å². The molecule has 2 aromatic heterocycles. The fourth-order valence-electron chi connectivity index (χ4n) is 3.61. The van der Waals surface area contributed by atoms with Crippen molar-refractivity contribution in [3.05, 3.63) is 98.9 Å². The van der Waals surface area contributed by atoms with E-state index in [1.165, 1.54) is 25.4 Å². The summed E-state index contributed by atoms with van der Waals surface area (Å²) in [7, 11) is 1.42. The van der Waals surface area contributed by atoms with E-state index in [1.54, 1.807) is 30.5 Å². The first-order valence-electron chi connectivity index (χ1n) is 8.96. The molecule has 3 heterocycles. The van der Waals surface area contributed by atoms with Gasteiger partial charge in [0.25, 0.3) is 5.56 Å². The molecule has 0 aliphatic carbocycles. The monoisotopic (exact) mass is 412 g/mol. The van der Waals surface area contributed by atoms with Crippen LogP contribution in [0, 0.1) is 5.95 Å². The largest absolute Gasteiger partial charge is 0.414 e. The van der Waals surface area contributed by atoms with Gasteiger partial charge in [-0.2, -0.15) is 9.12 Å². The van der Waals surface area contributed by atoms with Crippen LogP contribution in [0.1, 0.15) is 23.6 Å². The summed E-state index contributed by atoms with van der Waals surface area (Å²) in [5.41, 5.74) is 1.16. The van der Waals surface area contributed by atoms with E-state index in [2.05, 4.69) is 10.3 Å². The summed E-state index contributed by atoms with van der Waals surface area (Å²) in [4.78, 5) is 25.7. The summed E-state index contributed by atoms with van der Waals surface area (Å²) >= 11 is 6.08. The fraction of sp³-hybridized carbons (Fsp3) is 0.190. The fourth-order valence-corrected chi connectivity index (χ4v) is 3.74. The summed E-state index contributed by atoms with van der Waals surface area (Å²) < 4.78 is 14.6. The van der Waals surface area contributed by atoms with Crippen molar-refractivity contribution < 1.29 is 9.23 Å². The van der Waals surface area contributed by atoms with E-state index >= 15 is 0 Å². The summed E-state index contributed by atoms with van der Waals surface area (Å²) in [6.45, 7) is 1.99. The Morgan fingerprint density at radius 3 is 2.52 bits per heavy atom. The smallest absolute Gasteiger partial charge is 0.282 e. The predicted octanol–water partition coefficient (Wildman–Crippen LogP) is 2.78. The first-order valence-corrected chi connectivity index (χ1v) is 9.34. The van der Waals surface area contributed by atoms with Gasteiger partial charge in [0.15, 0.2) is 0 Å². The second-order valence-corrected chi connectivity index (χ2v) is 7.17. The standard InChI is InChI=1S/C21H18ClFN4O2/c1-13-21(15-4-7-17(22)8-5-15,16-6-9-18(23)24-11-16)26-20(25-13)14-3-10-19(28)27(12-14)29-2/h3-13H,1-2H3,(H,25,26)/t13-,21-/m0/s1. The SMILES string of the molecule is COn1cc(C2=N[C@@](c3ccc(Cl)cc3)(c3ccc(F)nc3)[C@H](C)N2)ccc1=O. The van der Waals surface area contributed by atoms with E-state index < -0.39 is 11.5 Å². The number of amidine groups is 1. The molecule has 0 spiro atoms. The van der Waals surface area contributed by atoms with E-state index in [9.17, 15) is 9.18 Å². The first-order chi connectivity index (χ1) is 13.9. The third kappa shape index (κ3) is 3.27. The molecule has 2 atom stereocenters. The predicted molar refractivity (Wildman–Crippen MR) is 109 cm³/mol. The van der Waals surface area contributed by atoms with E-state index in [-0.39, 0.29) is 11.6 Å². The Morgan fingerprint density at radius 2 is 1.86 bits per heavy atom. The number of aromatic nitrogens is 2. The number of pyridine rings is 2. The van der Waals surface area contributed by atoms with Gasteiger partial charge < -0.3 is 10.2 Å². The molecule has 8 heteroatoms. The number of hydrogen-bond acceptors (Lipinski definition) is 5. The lowest BCUT2D eigenvalue weighted by Gasteiger charge is -2.31. The van der Waals surface area contributed by atoms with Crippen molar-refractivity contribution in [1.82, 2.24) is 15.0 Å². The van der Waals surface area contributed by atoms with Crippen LogP contribution in [0.2, 0.25) is 5.02 Å². The second kappa shape index (κ2) is 7.33. The van der Waals surface area contributed by atoms with Gasteiger partial charge in [0.05, 0.1) is 12.2 Å². The Bertz CT molecular complexity index is 1080. The number of hydrogen-bond donors (Lipinski definition) is 1. The molecule has 4 rings (SSSR count). The van der Waals surface area contributed by atoms with Gasteiger partial charge in [-0.15, -0.1) is 0 Å². The van der Waals surface area contributed by atoms with Crippen LogP contribution in [0.4, 0.5) is 4.39 Å². The second-order valence-electron chi connectivity index (χ2n) is 6.73. The molecule has 0 amide bonds. The molecule has 1 aromatic carbocycles. The summed E-state index contributed by atoms with van der Waals surface area (Å²) in [5, 5.41) is 3.99. The van der Waals surface area contributed by atoms with Gasteiger partial charge in [0, 0.05) is 28.4 Å². The Balaban J connectivity index is 1.91. The van der Waals surface area contributed by atoms with E-state index in [0.29, 0.717) is 16.4 Å². The van der Waals surface area contributed by atoms with Crippen LogP contribution in [0.3, 0.4) is 0 Å². The van der Waals surface area contributed by atoms with Gasteiger partial charge in [-0.3, -0.25) is 4.79 Å². The van der Waals surface area contributed by atoms with Gasteiger partial charge >= 0.3 is 0 Å². The quantitative estimate of drug-likeness (QED) is 0.669. The van der Waals surface area contributed by atoms with Crippen LogP contribution in [-0.4, -0.2) is 28.7 Å². The average molecular weight is 413 g/mol. The Morgan fingerprint density at radius 1 is 1.14 bits per heavy atom. The minimum Gasteiger partial charge on any atom is -0.414 e. The van der Waals surface area contributed by atoms with Crippen LogP contribution in [-0.2, 0) is 5.54 Å². The highest BCUT2D eigenvalue weighted by molar-refractivity contribution is 6.30. The van der Waals surface area contributed by atoms with Crippen LogP contribution in [0.25, 0.3) is 0 Å². The van der Waals surface area contributed by atoms with Gasteiger partial charge in [0.1, 0.15) is 18.5 Å². The molecule has 0 radical (unpaired) electrons. The molecule has 0 unspecified atom stereocenters. The van der Waals surface area contributed by atoms with Crippen molar-refractivity contribution in [3.63, 3.8) is 0 Å². The summed E-state index contributed by atoms with van der Waals surface area (Å²) in [6, 6.07) is 13.3. The zero-order chi connectivity index (χ0) is 20.6. The third-order valence-electron chi connectivity index (χ3n) is 5.07. The minimum atomic E-state index is -0.853. The molecule has 1 N–H and O–H groups in total. The number of aliphatic imine (C=N–C) groups is 1. The normalized spacial score (nSPS) is 20.8. The third-order valence-corrected chi connectivity index (χ3v) is 5.32.